The number of aromatic nitrogens is 3. The largest absolute Gasteiger partial charge is 0.464 e. The molecule has 0 aliphatic heterocycles. The number of furan rings is 1. The van der Waals surface area contributed by atoms with E-state index < -0.39 is 0 Å². The number of halogens is 1. The third-order valence-electron chi connectivity index (χ3n) is 4.77. The number of aromatic amines is 1. The second-order valence-corrected chi connectivity index (χ2v) is 9.46. The van der Waals surface area contributed by atoms with E-state index in [1.807, 2.05) is 42.6 Å². The molecule has 0 bridgehead atoms. The van der Waals surface area contributed by atoms with Gasteiger partial charge in [-0.1, -0.05) is 11.6 Å². The van der Waals surface area contributed by atoms with E-state index in [1.54, 1.807) is 30.3 Å². The molecule has 1 N–H and O–H groups in total. The van der Waals surface area contributed by atoms with E-state index in [2.05, 4.69) is 15.0 Å². The number of fused-ring (bicyclic) bond motifs is 1. The highest BCUT2D eigenvalue weighted by molar-refractivity contribution is 7.98. The minimum atomic E-state index is -0.166. The molecule has 4 aromatic heterocycles. The van der Waals surface area contributed by atoms with E-state index in [0.717, 1.165) is 11.1 Å². The van der Waals surface area contributed by atoms with Crippen LogP contribution in [0.5, 0.6) is 0 Å². The monoisotopic (exact) mass is 469 g/mol. The first-order valence-corrected chi connectivity index (χ1v) is 11.8. The fraction of sp³-hybridized carbons (Fsp3) is 0.136. The summed E-state index contributed by atoms with van der Waals surface area (Å²) < 4.78 is 11.3. The average Bonchev–Trinajstić information content (AvgIpc) is 3.52. The van der Waals surface area contributed by atoms with Crippen molar-refractivity contribution in [3.8, 4) is 22.6 Å². The second kappa shape index (κ2) is 8.37. The van der Waals surface area contributed by atoms with Crippen LogP contribution in [0.3, 0.4) is 0 Å². The molecule has 0 aliphatic carbocycles. The summed E-state index contributed by atoms with van der Waals surface area (Å²) in [4.78, 5) is 25.4. The zero-order valence-corrected chi connectivity index (χ0v) is 18.7. The van der Waals surface area contributed by atoms with Gasteiger partial charge in [0, 0.05) is 21.5 Å². The van der Waals surface area contributed by atoms with Gasteiger partial charge in [0.05, 0.1) is 28.8 Å². The maximum absolute atomic E-state index is 12.8. The van der Waals surface area contributed by atoms with Gasteiger partial charge < -0.3 is 13.8 Å². The van der Waals surface area contributed by atoms with Crippen molar-refractivity contribution in [3.63, 3.8) is 0 Å². The number of thiophene rings is 1. The summed E-state index contributed by atoms with van der Waals surface area (Å²) in [6.45, 7) is 2.00. The Morgan fingerprint density at radius 3 is 2.84 bits per heavy atom. The lowest BCUT2D eigenvalue weighted by molar-refractivity contribution is 0.529. The molecule has 0 spiro atoms. The number of oxazole rings is 1. The van der Waals surface area contributed by atoms with Crippen molar-refractivity contribution >= 4 is 44.9 Å². The normalized spacial score (nSPS) is 12.5. The predicted octanol–water partition coefficient (Wildman–Crippen LogP) is 6.55. The number of benzene rings is 1. The fourth-order valence-electron chi connectivity index (χ4n) is 3.17. The molecule has 0 unspecified atom stereocenters. The third-order valence-corrected chi connectivity index (χ3v) is 7.03. The van der Waals surface area contributed by atoms with E-state index >= 15 is 0 Å². The zero-order chi connectivity index (χ0) is 21.4. The lowest BCUT2D eigenvalue weighted by atomic mass is 10.2. The van der Waals surface area contributed by atoms with Crippen molar-refractivity contribution in [2.45, 2.75) is 17.9 Å². The molecule has 5 rings (SSSR count). The van der Waals surface area contributed by atoms with Crippen LogP contribution < -0.4 is 5.56 Å². The van der Waals surface area contributed by atoms with E-state index in [1.165, 1.54) is 11.3 Å². The molecule has 0 amide bonds. The van der Waals surface area contributed by atoms with Crippen LogP contribution in [0, 0.1) is 0 Å². The Labute approximate surface area is 190 Å². The SMILES string of the molecule is C[C@@H](SCc1ncc(-c2ccc(Cl)cc2)o1)c1nc2scc(-c3ccco3)c2c(=O)[nH]1. The lowest BCUT2D eigenvalue weighted by Crippen LogP contribution is -2.12. The van der Waals surface area contributed by atoms with Gasteiger partial charge in [0.15, 0.2) is 5.76 Å². The molecule has 0 saturated carbocycles. The summed E-state index contributed by atoms with van der Waals surface area (Å²) in [7, 11) is 0. The minimum Gasteiger partial charge on any atom is -0.464 e. The van der Waals surface area contributed by atoms with Crippen molar-refractivity contribution < 1.29 is 8.83 Å². The standard InChI is InChI=1S/C22H16ClN3O3S2/c1-12(30-11-18-24-9-17(29-18)13-4-6-14(23)7-5-13)20-25-21(27)19-15(10-31-22(19)26-20)16-3-2-8-28-16/h2-10,12H,11H2,1H3,(H,25,26,27)/t12-/m1/s1. The molecular formula is C22H16ClN3O3S2. The molecule has 0 radical (unpaired) electrons. The van der Waals surface area contributed by atoms with Crippen molar-refractivity contribution in [2.24, 2.45) is 0 Å². The van der Waals surface area contributed by atoms with Crippen LogP contribution >= 0.6 is 34.7 Å². The maximum atomic E-state index is 12.8. The van der Waals surface area contributed by atoms with Crippen molar-refractivity contribution in [3.05, 3.63) is 81.3 Å². The van der Waals surface area contributed by atoms with Gasteiger partial charge in [0.1, 0.15) is 16.4 Å². The molecule has 31 heavy (non-hydrogen) atoms. The molecule has 1 atom stereocenters. The van der Waals surface area contributed by atoms with Crippen LogP contribution in [0.25, 0.3) is 32.9 Å². The van der Waals surface area contributed by atoms with Crippen LogP contribution in [-0.4, -0.2) is 15.0 Å². The van der Waals surface area contributed by atoms with Gasteiger partial charge in [-0.2, -0.15) is 0 Å². The van der Waals surface area contributed by atoms with Gasteiger partial charge in [-0.15, -0.1) is 23.1 Å². The smallest absolute Gasteiger partial charge is 0.260 e. The second-order valence-electron chi connectivity index (χ2n) is 6.84. The Bertz CT molecular complexity index is 1390. The van der Waals surface area contributed by atoms with Crippen LogP contribution in [0.15, 0.2) is 67.9 Å². The zero-order valence-electron chi connectivity index (χ0n) is 16.3. The van der Waals surface area contributed by atoms with E-state index in [-0.39, 0.29) is 10.8 Å². The minimum absolute atomic E-state index is 0.0443. The molecule has 4 heterocycles. The topological polar surface area (TPSA) is 84.9 Å². The van der Waals surface area contributed by atoms with E-state index in [0.29, 0.717) is 44.2 Å². The first-order valence-electron chi connectivity index (χ1n) is 9.46. The average molecular weight is 470 g/mol. The molecule has 5 aromatic rings. The molecule has 0 aliphatic rings. The Balaban J connectivity index is 1.32. The number of thioether (sulfide) groups is 1. The molecule has 9 heteroatoms. The van der Waals surface area contributed by atoms with Crippen LogP contribution in [0.4, 0.5) is 0 Å². The summed E-state index contributed by atoms with van der Waals surface area (Å²) in [5.41, 5.74) is 1.52. The van der Waals surface area contributed by atoms with E-state index in [4.69, 9.17) is 20.4 Å². The Morgan fingerprint density at radius 1 is 1.23 bits per heavy atom. The lowest BCUT2D eigenvalue weighted by Gasteiger charge is -2.09. The molecule has 6 nitrogen and oxygen atoms in total. The summed E-state index contributed by atoms with van der Waals surface area (Å²) >= 11 is 8.96. The van der Waals surface area contributed by atoms with Crippen LogP contribution in [0.2, 0.25) is 5.02 Å². The molecular weight excluding hydrogens is 454 g/mol. The van der Waals surface area contributed by atoms with Gasteiger partial charge in [-0.25, -0.2) is 9.97 Å². The first-order chi connectivity index (χ1) is 15.1. The van der Waals surface area contributed by atoms with Crippen molar-refractivity contribution in [1.82, 2.24) is 15.0 Å². The fourth-order valence-corrected chi connectivity index (χ4v) is 5.03. The third kappa shape index (κ3) is 4.06. The highest BCUT2D eigenvalue weighted by Crippen LogP contribution is 2.34. The highest BCUT2D eigenvalue weighted by atomic mass is 35.5. The number of nitrogens with one attached hydrogen (secondary N) is 1. The predicted molar refractivity (Wildman–Crippen MR) is 125 cm³/mol. The van der Waals surface area contributed by atoms with Crippen LogP contribution in [0.1, 0.15) is 23.9 Å². The molecule has 1 aromatic carbocycles. The number of rotatable bonds is 6. The number of nitrogens with zero attached hydrogens (tertiary/aromatic N) is 2. The van der Waals surface area contributed by atoms with Gasteiger partial charge in [-0.3, -0.25) is 4.79 Å². The Morgan fingerprint density at radius 2 is 2.06 bits per heavy atom. The molecule has 0 fully saturated rings. The summed E-state index contributed by atoms with van der Waals surface area (Å²) in [6, 6.07) is 11.1. The van der Waals surface area contributed by atoms with Gasteiger partial charge in [-0.05, 0) is 43.3 Å². The summed E-state index contributed by atoms with van der Waals surface area (Å²) in [6.07, 6.45) is 3.30. The number of hydrogen-bond donors (Lipinski definition) is 1. The van der Waals surface area contributed by atoms with Crippen molar-refractivity contribution in [1.29, 1.82) is 0 Å². The van der Waals surface area contributed by atoms with Crippen molar-refractivity contribution in [2.75, 3.05) is 0 Å². The quantitative estimate of drug-likeness (QED) is 0.303. The van der Waals surface area contributed by atoms with Gasteiger partial charge >= 0.3 is 0 Å². The Kier molecular flexibility index (Phi) is 5.43. The maximum Gasteiger partial charge on any atom is 0.260 e. The van der Waals surface area contributed by atoms with E-state index in [9.17, 15) is 4.79 Å². The summed E-state index contributed by atoms with van der Waals surface area (Å²) in [5, 5.41) is 3.09. The first kappa shape index (κ1) is 20.1. The number of H-pyrrole nitrogens is 1. The molecule has 156 valence electrons. The Hall–Kier alpha value is -2.81. The molecule has 0 saturated heterocycles. The van der Waals surface area contributed by atoms with Crippen LogP contribution in [-0.2, 0) is 5.75 Å². The van der Waals surface area contributed by atoms with Gasteiger partial charge in [0.25, 0.3) is 5.56 Å². The van der Waals surface area contributed by atoms with Gasteiger partial charge in [0.2, 0.25) is 5.89 Å². The summed E-state index contributed by atoms with van der Waals surface area (Å²) in [5.74, 6) is 3.14. The highest BCUT2D eigenvalue weighted by Gasteiger charge is 2.18. The number of hydrogen-bond acceptors (Lipinski definition) is 7.